The summed E-state index contributed by atoms with van der Waals surface area (Å²) in [6.07, 6.45) is 1.19. The van der Waals surface area contributed by atoms with E-state index in [2.05, 4.69) is 10.1 Å². The Bertz CT molecular complexity index is 845. The van der Waals surface area contributed by atoms with Crippen LogP contribution in [0.2, 0.25) is 0 Å². The second-order valence-corrected chi connectivity index (χ2v) is 4.97. The summed E-state index contributed by atoms with van der Waals surface area (Å²) in [6, 6.07) is 14.4. The van der Waals surface area contributed by atoms with Crippen molar-refractivity contribution in [3.8, 4) is 17.6 Å². The van der Waals surface area contributed by atoms with Crippen LogP contribution in [0.15, 0.2) is 54.1 Å². The van der Waals surface area contributed by atoms with Crippen LogP contribution in [0.3, 0.4) is 0 Å². The molecule has 2 aromatic carbocycles. The molecule has 26 heavy (non-hydrogen) atoms. The van der Waals surface area contributed by atoms with Gasteiger partial charge in [0.2, 0.25) is 0 Å². The Morgan fingerprint density at radius 3 is 2.50 bits per heavy atom. The first-order valence-corrected chi connectivity index (χ1v) is 7.74. The Balaban J connectivity index is 2.28. The molecule has 0 bridgehead atoms. The second kappa shape index (κ2) is 9.18. The third-order valence-electron chi connectivity index (χ3n) is 3.24. The van der Waals surface area contributed by atoms with Gasteiger partial charge in [-0.25, -0.2) is 0 Å². The zero-order chi connectivity index (χ0) is 18.9. The molecule has 0 fully saturated rings. The van der Waals surface area contributed by atoms with Crippen LogP contribution in [-0.2, 0) is 4.79 Å². The summed E-state index contributed by atoms with van der Waals surface area (Å²) in [6.45, 7) is -0.798. The van der Waals surface area contributed by atoms with E-state index in [1.54, 1.807) is 43.3 Å². The van der Waals surface area contributed by atoms with Gasteiger partial charge in [0.25, 0.3) is 5.91 Å². The highest BCUT2D eigenvalue weighted by Crippen LogP contribution is 2.26. The lowest BCUT2D eigenvalue weighted by atomic mass is 10.1. The molecule has 0 aliphatic heterocycles. The molecule has 0 saturated carbocycles. The summed E-state index contributed by atoms with van der Waals surface area (Å²) in [7, 11) is 0. The van der Waals surface area contributed by atoms with Crippen molar-refractivity contribution in [2.75, 3.05) is 11.9 Å². The molecule has 0 heterocycles. The van der Waals surface area contributed by atoms with Crippen LogP contribution >= 0.6 is 0 Å². The van der Waals surface area contributed by atoms with Gasteiger partial charge in [-0.1, -0.05) is 30.3 Å². The highest BCUT2D eigenvalue weighted by atomic mass is 19.3. The Kier molecular flexibility index (Phi) is 6.68. The van der Waals surface area contributed by atoms with Crippen molar-refractivity contribution < 1.29 is 23.0 Å². The van der Waals surface area contributed by atoms with Gasteiger partial charge >= 0.3 is 6.61 Å². The Hall–Kier alpha value is -3.40. The third kappa shape index (κ3) is 5.05. The number of amides is 1. The van der Waals surface area contributed by atoms with E-state index in [9.17, 15) is 18.8 Å². The fraction of sp³-hybridized carbons (Fsp3) is 0.158. The van der Waals surface area contributed by atoms with Crippen molar-refractivity contribution >= 4 is 17.7 Å². The lowest BCUT2D eigenvalue weighted by molar-refractivity contribution is -0.112. The maximum atomic E-state index is 12.5. The van der Waals surface area contributed by atoms with E-state index in [0.29, 0.717) is 18.0 Å². The average molecular weight is 358 g/mol. The Morgan fingerprint density at radius 1 is 1.19 bits per heavy atom. The normalized spacial score (nSPS) is 11.0. The molecule has 0 atom stereocenters. The molecule has 0 unspecified atom stereocenters. The number of hydrogen-bond donors (Lipinski definition) is 1. The van der Waals surface area contributed by atoms with Crippen LogP contribution in [-0.4, -0.2) is 19.1 Å². The number of alkyl halides is 2. The summed E-state index contributed by atoms with van der Waals surface area (Å²) in [5, 5.41) is 11.9. The molecule has 2 aromatic rings. The molecule has 134 valence electrons. The van der Waals surface area contributed by atoms with E-state index >= 15 is 0 Å². The second-order valence-electron chi connectivity index (χ2n) is 4.97. The number of carbonyl (C=O) groups is 1. The predicted molar refractivity (Wildman–Crippen MR) is 92.9 cm³/mol. The van der Waals surface area contributed by atoms with Gasteiger partial charge < -0.3 is 14.8 Å². The molecule has 7 heteroatoms. The maximum Gasteiger partial charge on any atom is 0.387 e. The lowest BCUT2D eigenvalue weighted by Gasteiger charge is -2.11. The largest absolute Gasteiger partial charge is 0.492 e. The number of nitrogens with one attached hydrogen (secondary N) is 1. The van der Waals surface area contributed by atoms with Gasteiger partial charge in [0.1, 0.15) is 23.1 Å². The monoisotopic (exact) mass is 358 g/mol. The molecule has 5 nitrogen and oxygen atoms in total. The van der Waals surface area contributed by atoms with Gasteiger partial charge in [0, 0.05) is 5.56 Å². The minimum Gasteiger partial charge on any atom is -0.492 e. The average Bonchev–Trinajstić information content (AvgIpc) is 2.62. The summed E-state index contributed by atoms with van der Waals surface area (Å²) in [4.78, 5) is 12.4. The first kappa shape index (κ1) is 18.9. The van der Waals surface area contributed by atoms with Crippen molar-refractivity contribution in [1.82, 2.24) is 0 Å². The van der Waals surface area contributed by atoms with Crippen LogP contribution < -0.4 is 14.8 Å². The predicted octanol–water partition coefficient (Wildman–Crippen LogP) is 4.23. The summed E-state index contributed by atoms with van der Waals surface area (Å²) in [5.41, 5.74) is 0.330. The first-order chi connectivity index (χ1) is 12.5. The van der Waals surface area contributed by atoms with Gasteiger partial charge in [-0.3, -0.25) is 4.79 Å². The van der Waals surface area contributed by atoms with Gasteiger partial charge in [-0.05, 0) is 31.2 Å². The zero-order valence-electron chi connectivity index (χ0n) is 13.9. The van der Waals surface area contributed by atoms with Gasteiger partial charge in [0.15, 0.2) is 0 Å². The van der Waals surface area contributed by atoms with Crippen molar-refractivity contribution in [2.24, 2.45) is 0 Å². The highest BCUT2D eigenvalue weighted by Gasteiger charge is 2.14. The number of ether oxygens (including phenoxy) is 2. The smallest absolute Gasteiger partial charge is 0.387 e. The van der Waals surface area contributed by atoms with Crippen molar-refractivity contribution in [3.63, 3.8) is 0 Å². The van der Waals surface area contributed by atoms with Crippen LogP contribution in [0.25, 0.3) is 6.08 Å². The number of nitriles is 1. The van der Waals surface area contributed by atoms with Crippen LogP contribution in [0.1, 0.15) is 12.5 Å². The van der Waals surface area contributed by atoms with Gasteiger partial charge in [-0.2, -0.15) is 14.0 Å². The van der Waals surface area contributed by atoms with E-state index in [1.165, 1.54) is 24.3 Å². The lowest BCUT2D eigenvalue weighted by Crippen LogP contribution is -2.14. The molecular formula is C19H16F2N2O3. The fourth-order valence-corrected chi connectivity index (χ4v) is 2.15. The van der Waals surface area contributed by atoms with Gasteiger partial charge in [0.05, 0.1) is 12.3 Å². The molecule has 1 N–H and O–H groups in total. The molecular weight excluding hydrogens is 342 g/mol. The number of halogens is 2. The standard InChI is InChI=1S/C19H16F2N2O3/c1-2-25-17-10-6-4-8-15(17)23-18(24)14(12-22)11-13-7-3-5-9-16(13)26-19(20)21/h3-11,19H,2H2,1H3,(H,23,24). The van der Waals surface area contributed by atoms with Crippen LogP contribution in [0, 0.1) is 11.3 Å². The Labute approximate surface area is 149 Å². The highest BCUT2D eigenvalue weighted by molar-refractivity contribution is 6.10. The SMILES string of the molecule is CCOc1ccccc1NC(=O)C(C#N)=Cc1ccccc1OC(F)F. The summed E-state index contributed by atoms with van der Waals surface area (Å²) < 4.78 is 34.8. The minimum atomic E-state index is -3.01. The quantitative estimate of drug-likeness (QED) is 0.594. The molecule has 0 aliphatic rings. The number of hydrogen-bond acceptors (Lipinski definition) is 4. The Morgan fingerprint density at radius 2 is 1.85 bits per heavy atom. The van der Waals surface area contributed by atoms with E-state index < -0.39 is 12.5 Å². The van der Waals surface area contributed by atoms with E-state index in [1.807, 2.05) is 0 Å². The number of nitrogens with zero attached hydrogens (tertiary/aromatic N) is 1. The topological polar surface area (TPSA) is 71.3 Å². The summed E-state index contributed by atoms with van der Waals surface area (Å²) >= 11 is 0. The first-order valence-electron chi connectivity index (χ1n) is 7.74. The molecule has 0 spiro atoms. The molecule has 0 saturated heterocycles. The van der Waals surface area contributed by atoms with Crippen molar-refractivity contribution in [1.29, 1.82) is 5.26 Å². The van der Waals surface area contributed by atoms with E-state index in [-0.39, 0.29) is 16.9 Å². The van der Waals surface area contributed by atoms with Crippen LogP contribution in [0.5, 0.6) is 11.5 Å². The van der Waals surface area contributed by atoms with E-state index in [4.69, 9.17) is 4.74 Å². The number of rotatable bonds is 7. The molecule has 0 aliphatic carbocycles. The third-order valence-corrected chi connectivity index (χ3v) is 3.24. The fourth-order valence-electron chi connectivity index (χ4n) is 2.15. The molecule has 2 rings (SSSR count). The zero-order valence-corrected chi connectivity index (χ0v) is 13.9. The van der Waals surface area contributed by atoms with Crippen molar-refractivity contribution in [3.05, 3.63) is 59.7 Å². The molecule has 1 amide bonds. The van der Waals surface area contributed by atoms with Crippen LogP contribution in [0.4, 0.5) is 14.5 Å². The summed E-state index contributed by atoms with van der Waals surface area (Å²) in [5.74, 6) is -0.355. The molecule has 0 radical (unpaired) electrons. The van der Waals surface area contributed by atoms with Gasteiger partial charge in [-0.15, -0.1) is 0 Å². The number of anilines is 1. The minimum absolute atomic E-state index is 0.127. The van der Waals surface area contributed by atoms with E-state index in [0.717, 1.165) is 0 Å². The van der Waals surface area contributed by atoms with Crippen molar-refractivity contribution in [2.45, 2.75) is 13.5 Å². The maximum absolute atomic E-state index is 12.5. The molecule has 0 aromatic heterocycles. The number of benzene rings is 2. The number of para-hydroxylation sites is 3. The number of carbonyl (C=O) groups excluding carboxylic acids is 1.